The number of carbonyl (C=O) groups is 2. The van der Waals surface area contributed by atoms with Gasteiger partial charge in [0.2, 0.25) is 11.8 Å². The normalized spacial score (nSPS) is 18.5. The second-order valence-corrected chi connectivity index (χ2v) is 9.97. The van der Waals surface area contributed by atoms with Gasteiger partial charge in [0, 0.05) is 49.5 Å². The van der Waals surface area contributed by atoms with Crippen LogP contribution in [-0.2, 0) is 22.4 Å². The van der Waals surface area contributed by atoms with Gasteiger partial charge in [-0.25, -0.2) is 4.98 Å². The van der Waals surface area contributed by atoms with Crippen LogP contribution in [0.15, 0.2) is 54.0 Å². The second kappa shape index (κ2) is 9.66. The molecule has 2 aliphatic heterocycles. The predicted molar refractivity (Wildman–Crippen MR) is 133 cm³/mol. The van der Waals surface area contributed by atoms with Crippen LogP contribution in [-0.4, -0.2) is 64.5 Å². The van der Waals surface area contributed by atoms with Crippen molar-refractivity contribution in [3.05, 3.63) is 70.7 Å². The lowest BCUT2D eigenvalue weighted by Gasteiger charge is -2.32. The Balaban J connectivity index is 1.38. The number of carbonyl (C=O) groups excluding carboxylic acids is 2. The predicted octanol–water partition coefficient (Wildman–Crippen LogP) is 3.11. The zero-order valence-corrected chi connectivity index (χ0v) is 19.9. The molecular weight excluding hydrogens is 448 g/mol. The van der Waals surface area contributed by atoms with Gasteiger partial charge in [0.25, 0.3) is 0 Å². The molecule has 0 bridgehead atoms. The third-order valence-corrected chi connectivity index (χ3v) is 7.47. The summed E-state index contributed by atoms with van der Waals surface area (Å²) in [7, 11) is 1.85. The van der Waals surface area contributed by atoms with Gasteiger partial charge in [-0.3, -0.25) is 14.5 Å². The molecule has 0 unspecified atom stereocenters. The Bertz CT molecular complexity index is 1200. The minimum absolute atomic E-state index is 0.00803. The second-order valence-electron chi connectivity index (χ2n) is 9.08. The molecule has 3 aromatic rings. The van der Waals surface area contributed by atoms with E-state index in [-0.39, 0.29) is 30.4 Å². The van der Waals surface area contributed by atoms with E-state index in [1.807, 2.05) is 47.7 Å². The Morgan fingerprint density at radius 3 is 2.97 bits per heavy atom. The van der Waals surface area contributed by atoms with Crippen LogP contribution < -0.4 is 5.32 Å². The van der Waals surface area contributed by atoms with Crippen LogP contribution in [0.3, 0.4) is 0 Å². The maximum Gasteiger partial charge on any atom is 0.228 e. The quantitative estimate of drug-likeness (QED) is 0.547. The van der Waals surface area contributed by atoms with E-state index < -0.39 is 0 Å². The Hall–Kier alpha value is -3.07. The van der Waals surface area contributed by atoms with E-state index in [1.165, 1.54) is 0 Å². The summed E-state index contributed by atoms with van der Waals surface area (Å²) in [6.07, 6.45) is 2.88. The van der Waals surface area contributed by atoms with Crippen molar-refractivity contribution >= 4 is 28.8 Å². The highest BCUT2D eigenvalue weighted by atomic mass is 32.1. The zero-order valence-electron chi connectivity index (χ0n) is 19.1. The molecule has 2 aliphatic rings. The van der Waals surface area contributed by atoms with Gasteiger partial charge in [-0.2, -0.15) is 0 Å². The molecule has 0 radical (unpaired) electrons. The highest BCUT2D eigenvalue weighted by molar-refractivity contribution is 7.13. The number of anilines is 1. The largest absolute Gasteiger partial charge is 0.392 e. The molecule has 2 atom stereocenters. The highest BCUT2D eigenvalue weighted by Crippen LogP contribution is 2.30. The molecular formula is C26H28N4O3S. The first-order valence-corrected chi connectivity index (χ1v) is 12.4. The van der Waals surface area contributed by atoms with Gasteiger partial charge in [0.15, 0.2) is 0 Å². The Kier molecular flexibility index (Phi) is 6.45. The maximum absolute atomic E-state index is 13.4. The fraction of sp³-hybridized carbons (Fsp3) is 0.346. The van der Waals surface area contributed by atoms with E-state index in [0.717, 1.165) is 45.9 Å². The summed E-state index contributed by atoms with van der Waals surface area (Å²) < 4.78 is 0. The number of hydrogen-bond acceptors (Lipinski definition) is 6. The van der Waals surface area contributed by atoms with E-state index in [1.54, 1.807) is 17.5 Å². The van der Waals surface area contributed by atoms with Crippen LogP contribution in [0.1, 0.15) is 29.2 Å². The summed E-state index contributed by atoms with van der Waals surface area (Å²) >= 11 is 1.59. The lowest BCUT2D eigenvalue weighted by atomic mass is 10.0. The number of thiazole rings is 1. The highest BCUT2D eigenvalue weighted by Gasteiger charge is 2.29. The molecule has 2 N–H and O–H groups in total. The monoisotopic (exact) mass is 476 g/mol. The number of rotatable bonds is 7. The van der Waals surface area contributed by atoms with E-state index in [0.29, 0.717) is 19.5 Å². The fourth-order valence-corrected chi connectivity index (χ4v) is 5.40. The summed E-state index contributed by atoms with van der Waals surface area (Å²) in [4.78, 5) is 33.6. The van der Waals surface area contributed by atoms with Gasteiger partial charge in [-0.05, 0) is 35.2 Å². The molecule has 34 heavy (non-hydrogen) atoms. The minimum Gasteiger partial charge on any atom is -0.392 e. The van der Waals surface area contributed by atoms with Crippen molar-refractivity contribution < 1.29 is 14.7 Å². The number of benzene rings is 2. The summed E-state index contributed by atoms with van der Waals surface area (Å²) in [6.45, 7) is 2.09. The number of likely N-dealkylation sites (tertiary alicyclic amines) is 1. The number of aliphatic hydroxyl groups is 1. The SMILES string of the molecule is CN(C(=O)Cc1ccc2c(c1)NC(=O)C2)[C@H](CN1CC[C@@H](O)C1)c1cccc(-c2nccs2)c1. The van der Waals surface area contributed by atoms with E-state index in [9.17, 15) is 14.7 Å². The number of amides is 2. The maximum atomic E-state index is 13.4. The smallest absolute Gasteiger partial charge is 0.228 e. The number of nitrogens with one attached hydrogen (secondary N) is 1. The first-order valence-electron chi connectivity index (χ1n) is 11.5. The Morgan fingerprint density at radius 1 is 1.32 bits per heavy atom. The molecule has 0 spiro atoms. The van der Waals surface area contributed by atoms with Crippen molar-refractivity contribution in [2.45, 2.75) is 31.4 Å². The van der Waals surface area contributed by atoms with Crippen LogP contribution in [0.25, 0.3) is 10.6 Å². The number of nitrogens with zero attached hydrogens (tertiary/aromatic N) is 3. The summed E-state index contributed by atoms with van der Waals surface area (Å²) in [5.41, 5.74) is 4.74. The molecule has 2 amide bonds. The molecule has 176 valence electrons. The number of β-amino-alcohol motifs (C(OH)–C–C–N with tert-alkyl or cyclic N) is 1. The van der Waals surface area contributed by atoms with Crippen molar-refractivity contribution in [1.82, 2.24) is 14.8 Å². The van der Waals surface area contributed by atoms with E-state index in [2.05, 4.69) is 27.3 Å². The standard InChI is InChI=1S/C26H28N4O3S/c1-29(25(33)12-17-5-6-18-14-24(32)28-22(18)11-17)23(16-30-9-7-21(31)15-30)19-3-2-4-20(13-19)26-27-8-10-34-26/h2-6,8,10-11,13,21,23,31H,7,9,12,14-16H2,1H3,(H,28,32)/t21-,23-/m1/s1. The average Bonchev–Trinajstić information content (AvgIpc) is 3.57. The van der Waals surface area contributed by atoms with Gasteiger partial charge in [0.1, 0.15) is 5.01 Å². The molecule has 5 rings (SSSR count). The molecule has 7 nitrogen and oxygen atoms in total. The van der Waals surface area contributed by atoms with Crippen molar-refractivity contribution in [2.24, 2.45) is 0 Å². The molecule has 1 fully saturated rings. The summed E-state index contributed by atoms with van der Waals surface area (Å²) in [5, 5.41) is 15.8. The number of aromatic nitrogens is 1. The molecule has 1 aromatic heterocycles. The van der Waals surface area contributed by atoms with Crippen LogP contribution >= 0.6 is 11.3 Å². The van der Waals surface area contributed by atoms with Gasteiger partial charge in [-0.1, -0.05) is 30.3 Å². The van der Waals surface area contributed by atoms with E-state index in [4.69, 9.17) is 0 Å². The molecule has 8 heteroatoms. The lowest BCUT2D eigenvalue weighted by Crippen LogP contribution is -2.39. The molecule has 0 saturated carbocycles. The Morgan fingerprint density at radius 2 is 2.21 bits per heavy atom. The fourth-order valence-electron chi connectivity index (χ4n) is 4.76. The minimum atomic E-state index is -0.315. The van der Waals surface area contributed by atoms with Crippen molar-refractivity contribution in [3.63, 3.8) is 0 Å². The summed E-state index contributed by atoms with van der Waals surface area (Å²) in [6, 6.07) is 13.8. The van der Waals surface area contributed by atoms with Gasteiger partial charge >= 0.3 is 0 Å². The molecule has 2 aromatic carbocycles. The number of aliphatic hydroxyl groups excluding tert-OH is 1. The van der Waals surface area contributed by atoms with Gasteiger partial charge < -0.3 is 15.3 Å². The number of fused-ring (bicyclic) bond motifs is 1. The third-order valence-electron chi connectivity index (χ3n) is 6.64. The van der Waals surface area contributed by atoms with Crippen molar-refractivity contribution in [1.29, 1.82) is 0 Å². The first-order chi connectivity index (χ1) is 16.5. The molecule has 1 saturated heterocycles. The topological polar surface area (TPSA) is 85.8 Å². The van der Waals surface area contributed by atoms with E-state index >= 15 is 0 Å². The van der Waals surface area contributed by atoms with Crippen molar-refractivity contribution in [3.8, 4) is 10.6 Å². The first kappa shape index (κ1) is 22.7. The Labute approximate surface area is 203 Å². The zero-order chi connectivity index (χ0) is 23.7. The lowest BCUT2D eigenvalue weighted by molar-refractivity contribution is -0.131. The molecule has 0 aliphatic carbocycles. The summed E-state index contributed by atoms with van der Waals surface area (Å²) in [5.74, 6) is -0.00255. The molecule has 3 heterocycles. The number of hydrogen-bond donors (Lipinski definition) is 2. The average molecular weight is 477 g/mol. The van der Waals surface area contributed by atoms with Gasteiger partial charge in [0.05, 0.1) is 25.0 Å². The van der Waals surface area contributed by atoms with Gasteiger partial charge in [-0.15, -0.1) is 11.3 Å². The van der Waals surface area contributed by atoms with Crippen molar-refractivity contribution in [2.75, 3.05) is 32.0 Å². The van der Waals surface area contributed by atoms with Crippen LogP contribution in [0.4, 0.5) is 5.69 Å². The van der Waals surface area contributed by atoms with Crippen LogP contribution in [0.2, 0.25) is 0 Å². The van der Waals surface area contributed by atoms with Crippen LogP contribution in [0.5, 0.6) is 0 Å². The van der Waals surface area contributed by atoms with Crippen LogP contribution in [0, 0.1) is 0 Å². The number of likely N-dealkylation sites (N-methyl/N-ethyl adjacent to an activating group) is 1. The third kappa shape index (κ3) is 4.89.